The summed E-state index contributed by atoms with van der Waals surface area (Å²) in [5, 5.41) is 3.06. The van der Waals surface area contributed by atoms with E-state index >= 15 is 0 Å². The third-order valence-corrected chi connectivity index (χ3v) is 8.50. The number of amides is 2. The predicted octanol–water partition coefficient (Wildman–Crippen LogP) is 5.02. The molecule has 2 amide bonds. The van der Waals surface area contributed by atoms with Crippen LogP contribution in [0.2, 0.25) is 5.02 Å². The summed E-state index contributed by atoms with van der Waals surface area (Å²) >= 11 is 6.22. The molecule has 2 atom stereocenters. The van der Waals surface area contributed by atoms with Crippen LogP contribution in [0.15, 0.2) is 77.7 Å². The molecule has 0 aliphatic rings. The van der Waals surface area contributed by atoms with Gasteiger partial charge in [0.25, 0.3) is 10.0 Å². The molecular weight excluding hydrogens is 557 g/mol. The Morgan fingerprint density at radius 1 is 1.02 bits per heavy atom. The van der Waals surface area contributed by atoms with Gasteiger partial charge >= 0.3 is 0 Å². The summed E-state index contributed by atoms with van der Waals surface area (Å²) in [6.07, 6.45) is 0.664. The van der Waals surface area contributed by atoms with Crippen LogP contribution in [0.1, 0.15) is 32.8 Å². The highest BCUT2D eigenvalue weighted by Gasteiger charge is 2.34. The van der Waals surface area contributed by atoms with Gasteiger partial charge in [0.05, 0.1) is 17.7 Å². The van der Waals surface area contributed by atoms with Crippen LogP contribution in [0.3, 0.4) is 0 Å². The summed E-state index contributed by atoms with van der Waals surface area (Å²) in [6.45, 7) is 4.29. The Morgan fingerprint density at radius 2 is 1.68 bits per heavy atom. The lowest BCUT2D eigenvalue weighted by atomic mass is 10.1. The number of halogens is 2. The molecule has 0 heterocycles. The molecule has 0 saturated heterocycles. The summed E-state index contributed by atoms with van der Waals surface area (Å²) < 4.78 is 48.7. The van der Waals surface area contributed by atoms with Crippen LogP contribution in [-0.4, -0.2) is 50.9 Å². The van der Waals surface area contributed by atoms with Crippen molar-refractivity contribution in [2.75, 3.05) is 18.0 Å². The van der Waals surface area contributed by atoms with Crippen molar-refractivity contribution in [2.45, 2.75) is 50.7 Å². The Balaban J connectivity index is 2.09. The third-order valence-electron chi connectivity index (χ3n) is 6.49. The van der Waals surface area contributed by atoms with Crippen LogP contribution in [-0.2, 0) is 26.2 Å². The van der Waals surface area contributed by atoms with Gasteiger partial charge in [-0.05, 0) is 56.7 Å². The van der Waals surface area contributed by atoms with E-state index in [-0.39, 0.29) is 39.5 Å². The number of ether oxygens (including phenoxy) is 1. The van der Waals surface area contributed by atoms with Crippen molar-refractivity contribution >= 4 is 39.1 Å². The second-order valence-electron chi connectivity index (χ2n) is 9.25. The lowest BCUT2D eigenvalue weighted by Crippen LogP contribution is -2.52. The largest absolute Gasteiger partial charge is 0.495 e. The molecule has 0 spiro atoms. The normalized spacial score (nSPS) is 12.8. The second kappa shape index (κ2) is 13.6. The minimum Gasteiger partial charge on any atom is -0.495 e. The van der Waals surface area contributed by atoms with Gasteiger partial charge in [0.1, 0.15) is 24.2 Å². The zero-order chi connectivity index (χ0) is 29.4. The topological polar surface area (TPSA) is 96.0 Å². The SMILES string of the molecule is CC[C@@H](C)NC(=O)[C@@H](C)N(Cc1ccccc1F)C(=O)CN(c1cc(Cl)ccc1OC)S(=O)(=O)c1ccccc1. The fourth-order valence-electron chi connectivity index (χ4n) is 3.95. The molecule has 214 valence electrons. The Morgan fingerprint density at radius 3 is 2.30 bits per heavy atom. The minimum atomic E-state index is -4.31. The van der Waals surface area contributed by atoms with E-state index in [4.69, 9.17) is 16.3 Å². The first-order valence-corrected chi connectivity index (χ1v) is 14.6. The Hall–Kier alpha value is -3.63. The van der Waals surface area contributed by atoms with E-state index < -0.39 is 40.2 Å². The van der Waals surface area contributed by atoms with Crippen LogP contribution in [0.25, 0.3) is 0 Å². The highest BCUT2D eigenvalue weighted by molar-refractivity contribution is 7.92. The molecular formula is C29H33ClFN3O5S. The maximum Gasteiger partial charge on any atom is 0.264 e. The number of rotatable bonds is 12. The van der Waals surface area contributed by atoms with Crippen LogP contribution < -0.4 is 14.4 Å². The fraction of sp³-hybridized carbons (Fsp3) is 0.310. The predicted molar refractivity (Wildman–Crippen MR) is 153 cm³/mol. The number of hydrogen-bond donors (Lipinski definition) is 1. The minimum absolute atomic E-state index is 0.0368. The molecule has 3 aromatic carbocycles. The molecule has 0 saturated carbocycles. The van der Waals surface area contributed by atoms with E-state index in [1.807, 2.05) is 13.8 Å². The van der Waals surface area contributed by atoms with Crippen LogP contribution in [0.5, 0.6) is 5.75 Å². The highest BCUT2D eigenvalue weighted by Crippen LogP contribution is 2.35. The maximum absolute atomic E-state index is 14.6. The van der Waals surface area contributed by atoms with Crippen molar-refractivity contribution in [3.63, 3.8) is 0 Å². The molecule has 0 aromatic heterocycles. The van der Waals surface area contributed by atoms with Crippen molar-refractivity contribution in [1.82, 2.24) is 10.2 Å². The number of carbonyl (C=O) groups is 2. The van der Waals surface area contributed by atoms with E-state index in [1.54, 1.807) is 24.3 Å². The van der Waals surface area contributed by atoms with Crippen LogP contribution in [0, 0.1) is 5.82 Å². The summed E-state index contributed by atoms with van der Waals surface area (Å²) in [7, 11) is -2.94. The zero-order valence-corrected chi connectivity index (χ0v) is 24.4. The Bertz CT molecular complexity index is 1440. The number of carbonyl (C=O) groups excluding carboxylic acids is 2. The molecule has 0 fully saturated rings. The van der Waals surface area contributed by atoms with Crippen molar-refractivity contribution in [2.24, 2.45) is 0 Å². The molecule has 3 aromatic rings. The quantitative estimate of drug-likeness (QED) is 0.320. The van der Waals surface area contributed by atoms with E-state index in [9.17, 15) is 22.4 Å². The van der Waals surface area contributed by atoms with Gasteiger partial charge in [-0.2, -0.15) is 0 Å². The lowest BCUT2D eigenvalue weighted by molar-refractivity contribution is -0.139. The molecule has 1 N–H and O–H groups in total. The van der Waals surface area contributed by atoms with Gasteiger partial charge in [0.2, 0.25) is 11.8 Å². The maximum atomic E-state index is 14.6. The van der Waals surface area contributed by atoms with Crippen molar-refractivity contribution in [1.29, 1.82) is 0 Å². The molecule has 11 heteroatoms. The summed E-state index contributed by atoms with van der Waals surface area (Å²) in [5.41, 5.74) is 0.214. The second-order valence-corrected chi connectivity index (χ2v) is 11.5. The van der Waals surface area contributed by atoms with Gasteiger partial charge in [0, 0.05) is 23.2 Å². The zero-order valence-electron chi connectivity index (χ0n) is 22.8. The molecule has 0 bridgehead atoms. The van der Waals surface area contributed by atoms with Gasteiger partial charge in [-0.15, -0.1) is 0 Å². The highest BCUT2D eigenvalue weighted by atomic mass is 35.5. The van der Waals surface area contributed by atoms with Crippen molar-refractivity contribution < 1.29 is 27.1 Å². The van der Waals surface area contributed by atoms with Crippen molar-refractivity contribution in [3.8, 4) is 5.75 Å². The van der Waals surface area contributed by atoms with Gasteiger partial charge in [0.15, 0.2) is 0 Å². The lowest BCUT2D eigenvalue weighted by Gasteiger charge is -2.33. The molecule has 0 radical (unpaired) electrons. The monoisotopic (exact) mass is 589 g/mol. The molecule has 0 unspecified atom stereocenters. The standard InChI is InChI=1S/C29H33ClFN3O5S/c1-5-20(2)32-29(36)21(3)33(18-22-11-9-10-14-25(22)31)28(35)19-34(26-17-23(30)15-16-27(26)39-4)40(37,38)24-12-7-6-8-13-24/h6-17,20-21H,5,18-19H2,1-4H3,(H,32,36)/t20-,21-/m1/s1. The van der Waals surface area contributed by atoms with E-state index in [2.05, 4.69) is 5.32 Å². The van der Waals surface area contributed by atoms with E-state index in [0.29, 0.717) is 6.42 Å². The van der Waals surface area contributed by atoms with Crippen LogP contribution in [0.4, 0.5) is 10.1 Å². The number of benzene rings is 3. The van der Waals surface area contributed by atoms with Gasteiger partial charge in [-0.1, -0.05) is 54.9 Å². The molecule has 8 nitrogen and oxygen atoms in total. The van der Waals surface area contributed by atoms with Crippen LogP contribution >= 0.6 is 11.6 Å². The number of hydrogen-bond acceptors (Lipinski definition) is 5. The molecule has 0 aliphatic carbocycles. The summed E-state index contributed by atoms with van der Waals surface area (Å²) in [4.78, 5) is 28.1. The summed E-state index contributed by atoms with van der Waals surface area (Å²) in [5.74, 6) is -1.56. The van der Waals surface area contributed by atoms with Crippen molar-refractivity contribution in [3.05, 3.63) is 89.2 Å². The van der Waals surface area contributed by atoms with Gasteiger partial charge < -0.3 is 15.0 Å². The number of nitrogens with one attached hydrogen (secondary N) is 1. The first-order chi connectivity index (χ1) is 19.0. The van der Waals surface area contributed by atoms with E-state index in [1.165, 1.54) is 67.5 Å². The van der Waals surface area contributed by atoms with Gasteiger partial charge in [-0.3, -0.25) is 13.9 Å². The fourth-order valence-corrected chi connectivity index (χ4v) is 5.55. The first-order valence-electron chi connectivity index (χ1n) is 12.7. The average Bonchev–Trinajstić information content (AvgIpc) is 2.95. The number of anilines is 1. The molecule has 0 aliphatic heterocycles. The van der Waals surface area contributed by atoms with E-state index in [0.717, 1.165) is 4.31 Å². The Kier molecular flexibility index (Phi) is 10.5. The molecule has 40 heavy (non-hydrogen) atoms. The first kappa shape index (κ1) is 30.9. The summed E-state index contributed by atoms with van der Waals surface area (Å²) in [6, 6.07) is 16.7. The third kappa shape index (κ3) is 7.31. The number of methoxy groups -OCH3 is 1. The Labute approximate surface area is 239 Å². The average molecular weight is 590 g/mol. The smallest absolute Gasteiger partial charge is 0.264 e. The number of sulfonamides is 1. The number of nitrogens with zero attached hydrogens (tertiary/aromatic N) is 2. The molecule has 3 rings (SSSR count). The van der Waals surface area contributed by atoms with Gasteiger partial charge in [-0.25, -0.2) is 12.8 Å².